The van der Waals surface area contributed by atoms with Crippen molar-refractivity contribution in [1.29, 1.82) is 0 Å². The first-order valence-electron chi connectivity index (χ1n) is 4.55. The zero-order valence-corrected chi connectivity index (χ0v) is 11.3. The highest BCUT2D eigenvalue weighted by Gasteiger charge is 2.18. The molecule has 0 aliphatic heterocycles. The molecule has 0 fully saturated rings. The van der Waals surface area contributed by atoms with E-state index in [9.17, 15) is 8.42 Å². The minimum atomic E-state index is -3.49. The van der Waals surface area contributed by atoms with Gasteiger partial charge in [0.25, 0.3) is 10.0 Å². The van der Waals surface area contributed by atoms with Gasteiger partial charge in [0.05, 0.1) is 6.20 Å². The van der Waals surface area contributed by atoms with Gasteiger partial charge in [-0.05, 0) is 5.92 Å². The molecule has 1 unspecified atom stereocenters. The average Bonchev–Trinajstić information content (AvgIpc) is 2.63. The summed E-state index contributed by atoms with van der Waals surface area (Å²) in [6, 6.07) is 0. The Morgan fingerprint density at radius 2 is 2.38 bits per heavy atom. The fraction of sp³-hybridized carbons (Fsp3) is 0.625. The summed E-state index contributed by atoms with van der Waals surface area (Å²) in [4.78, 5) is 3.69. The number of aromatic nitrogens is 1. The van der Waals surface area contributed by atoms with Crippen molar-refractivity contribution in [3.8, 4) is 0 Å². The lowest BCUT2D eigenvalue weighted by molar-refractivity contribution is 0.161. The smallest absolute Gasteiger partial charge is 0.251 e. The summed E-state index contributed by atoms with van der Waals surface area (Å²) in [6.45, 7) is 2.73. The number of hydrogen-bond acceptors (Lipinski definition) is 5. The zero-order chi connectivity index (χ0) is 12.2. The zero-order valence-electron chi connectivity index (χ0n) is 8.94. The number of thiazole rings is 1. The van der Waals surface area contributed by atoms with Crippen LogP contribution in [0.4, 0.5) is 0 Å². The van der Waals surface area contributed by atoms with E-state index >= 15 is 0 Å². The van der Waals surface area contributed by atoms with Gasteiger partial charge in [-0.1, -0.05) is 29.9 Å². The first kappa shape index (κ1) is 13.9. The fourth-order valence-electron chi connectivity index (χ4n) is 1.03. The van der Waals surface area contributed by atoms with Crippen LogP contribution >= 0.6 is 22.9 Å². The van der Waals surface area contributed by atoms with Crippen LogP contribution in [0, 0.1) is 5.92 Å². The lowest BCUT2D eigenvalue weighted by atomic mass is 10.2. The molecule has 16 heavy (non-hydrogen) atoms. The standard InChI is InChI=1S/C8H13ClN2O3S2/c1-6(5-14-2)3-11-16(12,13)7-4-10-8(9)15-7/h4,6,11H,3,5H2,1-2H3. The highest BCUT2D eigenvalue weighted by Crippen LogP contribution is 2.22. The van der Waals surface area contributed by atoms with Gasteiger partial charge in [0, 0.05) is 20.3 Å². The second-order valence-corrected chi connectivity index (χ2v) is 6.95. The third-order valence-electron chi connectivity index (χ3n) is 1.79. The SMILES string of the molecule is COCC(C)CNS(=O)(=O)c1cnc(Cl)s1. The van der Waals surface area contributed by atoms with Crippen LogP contribution in [-0.2, 0) is 14.8 Å². The molecule has 92 valence electrons. The third-order valence-corrected chi connectivity index (χ3v) is 4.79. The Bertz CT molecular complexity index is 432. The first-order chi connectivity index (χ1) is 7.45. The van der Waals surface area contributed by atoms with E-state index in [1.165, 1.54) is 6.20 Å². The molecule has 0 bridgehead atoms. The topological polar surface area (TPSA) is 68.3 Å². The van der Waals surface area contributed by atoms with Crippen LogP contribution < -0.4 is 4.72 Å². The molecular formula is C8H13ClN2O3S2. The van der Waals surface area contributed by atoms with Crippen LogP contribution in [0.25, 0.3) is 0 Å². The van der Waals surface area contributed by atoms with E-state index < -0.39 is 10.0 Å². The number of methoxy groups -OCH3 is 1. The molecule has 1 rings (SSSR count). The first-order valence-corrected chi connectivity index (χ1v) is 7.23. The van der Waals surface area contributed by atoms with Crippen molar-refractivity contribution >= 4 is 33.0 Å². The molecule has 1 N–H and O–H groups in total. The number of rotatable bonds is 6. The summed E-state index contributed by atoms with van der Waals surface area (Å²) in [5.74, 6) is 0.114. The number of nitrogens with one attached hydrogen (secondary N) is 1. The summed E-state index contributed by atoms with van der Waals surface area (Å²) in [5.41, 5.74) is 0. The van der Waals surface area contributed by atoms with Crippen LogP contribution in [0.1, 0.15) is 6.92 Å². The van der Waals surface area contributed by atoms with Crippen LogP contribution in [0.5, 0.6) is 0 Å². The third kappa shape index (κ3) is 3.99. The lowest BCUT2D eigenvalue weighted by Crippen LogP contribution is -2.29. The van der Waals surface area contributed by atoms with Crippen molar-refractivity contribution < 1.29 is 13.2 Å². The molecule has 0 saturated carbocycles. The Labute approximate surface area is 104 Å². The summed E-state index contributed by atoms with van der Waals surface area (Å²) in [7, 11) is -1.91. The lowest BCUT2D eigenvalue weighted by Gasteiger charge is -2.10. The second-order valence-electron chi connectivity index (χ2n) is 3.34. The molecule has 5 nitrogen and oxygen atoms in total. The molecule has 0 amide bonds. The van der Waals surface area contributed by atoms with E-state index in [2.05, 4.69) is 9.71 Å². The number of nitrogens with zero attached hydrogens (tertiary/aromatic N) is 1. The van der Waals surface area contributed by atoms with Gasteiger partial charge in [-0.3, -0.25) is 0 Å². The Morgan fingerprint density at radius 3 is 2.88 bits per heavy atom. The molecule has 0 saturated heterocycles. The minimum Gasteiger partial charge on any atom is -0.384 e. The van der Waals surface area contributed by atoms with E-state index in [-0.39, 0.29) is 14.6 Å². The van der Waals surface area contributed by atoms with E-state index in [0.29, 0.717) is 13.2 Å². The van der Waals surface area contributed by atoms with Crippen molar-refractivity contribution in [2.24, 2.45) is 5.92 Å². The van der Waals surface area contributed by atoms with Gasteiger partial charge in [0.15, 0.2) is 8.68 Å². The number of halogens is 1. The Morgan fingerprint density at radius 1 is 1.69 bits per heavy atom. The number of sulfonamides is 1. The van der Waals surface area contributed by atoms with Crippen molar-refractivity contribution in [3.05, 3.63) is 10.7 Å². The monoisotopic (exact) mass is 284 g/mol. The maximum Gasteiger partial charge on any atom is 0.251 e. The molecule has 1 atom stereocenters. The van der Waals surface area contributed by atoms with E-state index in [1.807, 2.05) is 6.92 Å². The van der Waals surface area contributed by atoms with Crippen molar-refractivity contribution in [1.82, 2.24) is 9.71 Å². The maximum atomic E-state index is 11.7. The van der Waals surface area contributed by atoms with E-state index in [0.717, 1.165) is 11.3 Å². The molecule has 1 aromatic rings. The summed E-state index contributed by atoms with van der Waals surface area (Å²) in [5, 5.41) is 0. The Balaban J connectivity index is 2.59. The average molecular weight is 285 g/mol. The maximum absolute atomic E-state index is 11.7. The highest BCUT2D eigenvalue weighted by atomic mass is 35.5. The van der Waals surface area contributed by atoms with Gasteiger partial charge in [0.2, 0.25) is 0 Å². The van der Waals surface area contributed by atoms with E-state index in [1.54, 1.807) is 7.11 Å². The predicted octanol–water partition coefficient (Wildman–Crippen LogP) is 1.36. The second kappa shape index (κ2) is 5.92. The van der Waals surface area contributed by atoms with Gasteiger partial charge < -0.3 is 4.74 Å². The summed E-state index contributed by atoms with van der Waals surface area (Å²) < 4.78 is 31.2. The molecule has 0 aliphatic rings. The fourth-order valence-corrected chi connectivity index (χ4v) is 3.53. The van der Waals surface area contributed by atoms with Crippen LogP contribution in [0.15, 0.2) is 10.4 Å². The Hall–Kier alpha value is -0.210. The van der Waals surface area contributed by atoms with Crippen LogP contribution in [-0.4, -0.2) is 33.7 Å². The van der Waals surface area contributed by atoms with E-state index in [4.69, 9.17) is 16.3 Å². The van der Waals surface area contributed by atoms with Gasteiger partial charge >= 0.3 is 0 Å². The van der Waals surface area contributed by atoms with Gasteiger partial charge in [-0.25, -0.2) is 18.1 Å². The quantitative estimate of drug-likeness (QED) is 0.856. The molecule has 0 aromatic carbocycles. The predicted molar refractivity (Wildman–Crippen MR) is 63.4 cm³/mol. The number of hydrogen-bond donors (Lipinski definition) is 1. The van der Waals surface area contributed by atoms with Crippen molar-refractivity contribution in [3.63, 3.8) is 0 Å². The van der Waals surface area contributed by atoms with Crippen LogP contribution in [0.2, 0.25) is 4.47 Å². The molecule has 1 aromatic heterocycles. The normalized spacial score (nSPS) is 13.9. The van der Waals surface area contributed by atoms with Crippen molar-refractivity contribution in [2.45, 2.75) is 11.1 Å². The Kier molecular flexibility index (Phi) is 5.13. The molecule has 0 aliphatic carbocycles. The molecule has 1 heterocycles. The van der Waals surface area contributed by atoms with Gasteiger partial charge in [0.1, 0.15) is 0 Å². The highest BCUT2D eigenvalue weighted by molar-refractivity contribution is 7.91. The molecule has 0 radical (unpaired) electrons. The largest absolute Gasteiger partial charge is 0.384 e. The number of ether oxygens (including phenoxy) is 1. The summed E-state index contributed by atoms with van der Waals surface area (Å²) in [6.07, 6.45) is 1.25. The van der Waals surface area contributed by atoms with Gasteiger partial charge in [-0.15, -0.1) is 0 Å². The molecular weight excluding hydrogens is 272 g/mol. The van der Waals surface area contributed by atoms with Gasteiger partial charge in [-0.2, -0.15) is 0 Å². The minimum absolute atomic E-state index is 0.114. The molecule has 0 spiro atoms. The summed E-state index contributed by atoms with van der Waals surface area (Å²) >= 11 is 6.51. The van der Waals surface area contributed by atoms with Crippen LogP contribution in [0.3, 0.4) is 0 Å². The molecule has 8 heteroatoms. The van der Waals surface area contributed by atoms with Crippen molar-refractivity contribution in [2.75, 3.05) is 20.3 Å².